The molecule has 0 aliphatic heterocycles. The first kappa shape index (κ1) is 11.6. The van der Waals surface area contributed by atoms with E-state index in [9.17, 15) is 4.79 Å². The van der Waals surface area contributed by atoms with Gasteiger partial charge in [-0.1, -0.05) is 0 Å². The Morgan fingerprint density at radius 3 is 2.94 bits per heavy atom. The van der Waals surface area contributed by atoms with Gasteiger partial charge in [0.2, 0.25) is 0 Å². The molecule has 0 radical (unpaired) electrons. The molecule has 6 nitrogen and oxygen atoms in total. The number of esters is 1. The van der Waals surface area contributed by atoms with Gasteiger partial charge in [-0.2, -0.15) is 5.10 Å². The second-order valence-corrected chi connectivity index (χ2v) is 4.45. The van der Waals surface area contributed by atoms with Crippen molar-refractivity contribution in [3.8, 4) is 0 Å². The summed E-state index contributed by atoms with van der Waals surface area (Å²) >= 11 is 1.43. The number of nitrogens with two attached hydrogens (primary N) is 1. The standard InChI is InChI=1S/C10H12N4O2S/c1-6-8(11)9(14(2)13-6)10(15)16-5-7-12-3-4-17-7/h3-4H,5,11H2,1-2H3. The number of nitrogens with zero attached hydrogens (tertiary/aromatic N) is 3. The fraction of sp³-hybridized carbons (Fsp3) is 0.300. The molecule has 0 atom stereocenters. The Kier molecular flexibility index (Phi) is 3.10. The first-order valence-corrected chi connectivity index (χ1v) is 5.82. The normalized spacial score (nSPS) is 10.5. The molecule has 7 heteroatoms. The van der Waals surface area contributed by atoms with Gasteiger partial charge in [-0.25, -0.2) is 9.78 Å². The van der Waals surface area contributed by atoms with E-state index >= 15 is 0 Å². The van der Waals surface area contributed by atoms with Crippen molar-refractivity contribution in [3.63, 3.8) is 0 Å². The van der Waals surface area contributed by atoms with Crippen molar-refractivity contribution < 1.29 is 9.53 Å². The van der Waals surface area contributed by atoms with Gasteiger partial charge in [-0.05, 0) is 6.92 Å². The third-order valence-electron chi connectivity index (χ3n) is 2.27. The van der Waals surface area contributed by atoms with Gasteiger partial charge < -0.3 is 10.5 Å². The van der Waals surface area contributed by atoms with Crippen molar-refractivity contribution in [1.82, 2.24) is 14.8 Å². The molecule has 0 fully saturated rings. The zero-order valence-corrected chi connectivity index (χ0v) is 10.3. The second kappa shape index (κ2) is 4.54. The summed E-state index contributed by atoms with van der Waals surface area (Å²) in [4.78, 5) is 15.8. The number of carbonyl (C=O) groups is 1. The summed E-state index contributed by atoms with van der Waals surface area (Å²) in [6.45, 7) is 1.90. The minimum atomic E-state index is -0.485. The lowest BCUT2D eigenvalue weighted by atomic mass is 10.3. The van der Waals surface area contributed by atoms with Crippen LogP contribution < -0.4 is 5.73 Å². The van der Waals surface area contributed by atoms with Crippen LogP contribution in [0.2, 0.25) is 0 Å². The predicted octanol–water partition coefficient (Wildman–Crippen LogP) is 1.12. The van der Waals surface area contributed by atoms with Crippen molar-refractivity contribution in [1.29, 1.82) is 0 Å². The summed E-state index contributed by atoms with van der Waals surface area (Å²) in [5, 5.41) is 6.63. The van der Waals surface area contributed by atoms with Gasteiger partial charge >= 0.3 is 5.97 Å². The van der Waals surface area contributed by atoms with Crippen LogP contribution in [0.5, 0.6) is 0 Å². The maximum atomic E-state index is 11.8. The topological polar surface area (TPSA) is 83.0 Å². The highest BCUT2D eigenvalue weighted by Crippen LogP contribution is 2.17. The third-order valence-corrected chi connectivity index (χ3v) is 3.03. The smallest absolute Gasteiger partial charge is 0.359 e. The molecule has 90 valence electrons. The molecule has 0 saturated heterocycles. The van der Waals surface area contributed by atoms with E-state index in [1.165, 1.54) is 16.0 Å². The molecule has 2 rings (SSSR count). The van der Waals surface area contributed by atoms with Gasteiger partial charge in [-0.15, -0.1) is 11.3 Å². The molecular formula is C10H12N4O2S. The third kappa shape index (κ3) is 2.28. The zero-order chi connectivity index (χ0) is 12.4. The van der Waals surface area contributed by atoms with Crippen LogP contribution in [0.25, 0.3) is 0 Å². The number of thiazole rings is 1. The molecular weight excluding hydrogens is 240 g/mol. The van der Waals surface area contributed by atoms with E-state index in [0.29, 0.717) is 11.4 Å². The van der Waals surface area contributed by atoms with Crippen molar-refractivity contribution in [3.05, 3.63) is 28.0 Å². The van der Waals surface area contributed by atoms with Gasteiger partial charge in [0.25, 0.3) is 0 Å². The largest absolute Gasteiger partial charge is 0.454 e. The highest BCUT2D eigenvalue weighted by Gasteiger charge is 2.19. The van der Waals surface area contributed by atoms with Crippen LogP contribution in [0.3, 0.4) is 0 Å². The van der Waals surface area contributed by atoms with E-state index in [2.05, 4.69) is 10.1 Å². The Morgan fingerprint density at radius 1 is 1.65 bits per heavy atom. The van der Waals surface area contributed by atoms with Crippen LogP contribution >= 0.6 is 11.3 Å². The Morgan fingerprint density at radius 2 is 2.41 bits per heavy atom. The molecule has 0 saturated carbocycles. The van der Waals surface area contributed by atoms with E-state index in [0.717, 1.165) is 5.01 Å². The molecule has 0 amide bonds. The Balaban J connectivity index is 2.10. The highest BCUT2D eigenvalue weighted by molar-refractivity contribution is 7.09. The lowest BCUT2D eigenvalue weighted by molar-refractivity contribution is 0.0461. The number of nitrogen functional groups attached to an aromatic ring is 1. The molecule has 2 aromatic heterocycles. The van der Waals surface area contributed by atoms with E-state index < -0.39 is 5.97 Å². The van der Waals surface area contributed by atoms with Crippen molar-refractivity contribution in [2.24, 2.45) is 7.05 Å². The van der Waals surface area contributed by atoms with Crippen molar-refractivity contribution in [2.45, 2.75) is 13.5 Å². The molecule has 0 aromatic carbocycles. The monoisotopic (exact) mass is 252 g/mol. The fourth-order valence-electron chi connectivity index (χ4n) is 1.44. The first-order valence-electron chi connectivity index (χ1n) is 4.94. The number of rotatable bonds is 3. The van der Waals surface area contributed by atoms with Crippen LogP contribution in [0.1, 0.15) is 21.2 Å². The van der Waals surface area contributed by atoms with E-state index in [-0.39, 0.29) is 12.3 Å². The molecule has 2 heterocycles. The number of carbonyl (C=O) groups excluding carboxylic acids is 1. The molecule has 2 N–H and O–H groups in total. The minimum Gasteiger partial charge on any atom is -0.454 e. The molecule has 0 aliphatic rings. The summed E-state index contributed by atoms with van der Waals surface area (Å²) in [6, 6.07) is 0. The van der Waals surface area contributed by atoms with E-state index in [1.54, 1.807) is 20.2 Å². The van der Waals surface area contributed by atoms with E-state index in [4.69, 9.17) is 10.5 Å². The first-order chi connectivity index (χ1) is 8.09. The second-order valence-electron chi connectivity index (χ2n) is 3.47. The maximum absolute atomic E-state index is 11.8. The molecule has 17 heavy (non-hydrogen) atoms. The average Bonchev–Trinajstić information content (AvgIpc) is 2.86. The number of anilines is 1. The summed E-state index contributed by atoms with van der Waals surface area (Å²) in [5.41, 5.74) is 7.01. The molecule has 0 aliphatic carbocycles. The van der Waals surface area contributed by atoms with Gasteiger partial charge in [0, 0.05) is 18.6 Å². The Hall–Kier alpha value is -1.89. The molecule has 2 aromatic rings. The van der Waals surface area contributed by atoms with Crippen LogP contribution in [-0.2, 0) is 18.4 Å². The van der Waals surface area contributed by atoms with Gasteiger partial charge in [0.15, 0.2) is 5.69 Å². The Labute approximate surface area is 102 Å². The number of ether oxygens (including phenoxy) is 1. The summed E-state index contributed by atoms with van der Waals surface area (Å²) < 4.78 is 6.54. The lowest BCUT2D eigenvalue weighted by Crippen LogP contribution is -2.12. The number of hydrogen-bond acceptors (Lipinski definition) is 6. The fourth-order valence-corrected chi connectivity index (χ4v) is 1.96. The van der Waals surface area contributed by atoms with Gasteiger partial charge in [0.05, 0.1) is 11.4 Å². The van der Waals surface area contributed by atoms with Crippen molar-refractivity contribution in [2.75, 3.05) is 5.73 Å². The van der Waals surface area contributed by atoms with Gasteiger partial charge in [0.1, 0.15) is 11.6 Å². The van der Waals surface area contributed by atoms with Gasteiger partial charge in [-0.3, -0.25) is 4.68 Å². The zero-order valence-electron chi connectivity index (χ0n) is 9.51. The minimum absolute atomic E-state index is 0.153. The molecule has 0 unspecified atom stereocenters. The highest BCUT2D eigenvalue weighted by atomic mass is 32.1. The van der Waals surface area contributed by atoms with Crippen LogP contribution in [0.4, 0.5) is 5.69 Å². The van der Waals surface area contributed by atoms with Crippen LogP contribution in [-0.4, -0.2) is 20.7 Å². The predicted molar refractivity (Wildman–Crippen MR) is 63.6 cm³/mol. The van der Waals surface area contributed by atoms with Crippen LogP contribution in [0.15, 0.2) is 11.6 Å². The number of aryl methyl sites for hydroxylation is 2. The molecule has 0 bridgehead atoms. The number of hydrogen-bond donors (Lipinski definition) is 1. The number of aromatic nitrogens is 3. The van der Waals surface area contributed by atoms with Crippen LogP contribution in [0, 0.1) is 6.92 Å². The lowest BCUT2D eigenvalue weighted by Gasteiger charge is -2.03. The summed E-state index contributed by atoms with van der Waals surface area (Å²) in [7, 11) is 1.66. The Bertz CT molecular complexity index is 533. The molecule has 0 spiro atoms. The summed E-state index contributed by atoms with van der Waals surface area (Å²) in [5.74, 6) is -0.485. The van der Waals surface area contributed by atoms with Crippen molar-refractivity contribution >= 4 is 23.0 Å². The quantitative estimate of drug-likeness (QED) is 0.828. The SMILES string of the molecule is Cc1nn(C)c(C(=O)OCc2nccs2)c1N. The summed E-state index contributed by atoms with van der Waals surface area (Å²) in [6.07, 6.45) is 1.66. The maximum Gasteiger partial charge on any atom is 0.359 e. The average molecular weight is 252 g/mol. The van der Waals surface area contributed by atoms with E-state index in [1.807, 2.05) is 5.38 Å².